The van der Waals surface area contributed by atoms with E-state index in [4.69, 9.17) is 17.3 Å². The molecule has 26 heavy (non-hydrogen) atoms. The number of benzene rings is 1. The number of nitrogens with two attached hydrogens (primary N) is 1. The van der Waals surface area contributed by atoms with E-state index in [1.165, 1.54) is 24.5 Å². The molecule has 0 spiro atoms. The van der Waals surface area contributed by atoms with E-state index in [-0.39, 0.29) is 28.0 Å². The number of amides is 1. The zero-order valence-electron chi connectivity index (χ0n) is 13.2. The van der Waals surface area contributed by atoms with Crippen LogP contribution in [0.15, 0.2) is 48.9 Å². The first-order valence-corrected chi connectivity index (χ1v) is 7.73. The number of rotatable bonds is 5. The fourth-order valence-corrected chi connectivity index (χ4v) is 2.20. The number of hydrogen-bond donors (Lipinski definition) is 4. The first-order valence-electron chi connectivity index (χ1n) is 7.35. The highest BCUT2D eigenvalue weighted by Crippen LogP contribution is 2.28. The van der Waals surface area contributed by atoms with Gasteiger partial charge in [-0.3, -0.25) is 15.6 Å². The number of hydrazine groups is 1. The van der Waals surface area contributed by atoms with Crippen LogP contribution < -0.4 is 21.9 Å². The minimum atomic E-state index is -0.675. The summed E-state index contributed by atoms with van der Waals surface area (Å²) in [7, 11) is 0. The van der Waals surface area contributed by atoms with Crippen molar-refractivity contribution in [3.05, 3.63) is 65.5 Å². The largest absolute Gasteiger partial charge is 0.393 e. The van der Waals surface area contributed by atoms with E-state index >= 15 is 0 Å². The van der Waals surface area contributed by atoms with Crippen LogP contribution in [0.3, 0.4) is 0 Å². The molecule has 1 amide bonds. The number of carbonyl (C=O) groups is 1. The van der Waals surface area contributed by atoms with Gasteiger partial charge in [0.05, 0.1) is 11.3 Å². The van der Waals surface area contributed by atoms with E-state index in [1.54, 1.807) is 24.4 Å². The first-order chi connectivity index (χ1) is 12.6. The number of pyridine rings is 1. The molecule has 10 heteroatoms. The van der Waals surface area contributed by atoms with Crippen LogP contribution in [0, 0.1) is 5.82 Å². The van der Waals surface area contributed by atoms with Gasteiger partial charge in [-0.2, -0.15) is 0 Å². The summed E-state index contributed by atoms with van der Waals surface area (Å²) in [6, 6.07) is 8.98. The Kier molecular flexibility index (Phi) is 5.09. The average Bonchev–Trinajstić information content (AvgIpc) is 2.64. The summed E-state index contributed by atoms with van der Waals surface area (Å²) in [6.45, 7) is 0. The second kappa shape index (κ2) is 7.62. The lowest BCUT2D eigenvalue weighted by molar-refractivity contribution is 0.0958. The van der Waals surface area contributed by atoms with Gasteiger partial charge in [-0.1, -0.05) is 23.7 Å². The standard InChI is InChI=1S/C16H13ClFN7O/c17-13-11(6-3-7-20-13)23-14-12(19)15(22-8-21-14)24-25-16(26)9-4-1-2-5-10(9)18/h1-8H,19H2,(H,25,26)(H2,21,22,23,24). The maximum atomic E-state index is 13.6. The molecule has 0 aliphatic heterocycles. The zero-order chi connectivity index (χ0) is 18.5. The van der Waals surface area contributed by atoms with Crippen molar-refractivity contribution in [2.75, 3.05) is 16.5 Å². The van der Waals surface area contributed by atoms with Crippen LogP contribution >= 0.6 is 11.6 Å². The molecule has 1 aromatic carbocycles. The van der Waals surface area contributed by atoms with E-state index in [0.717, 1.165) is 0 Å². The Morgan fingerprint density at radius 2 is 1.85 bits per heavy atom. The number of nitrogens with zero attached hydrogens (tertiary/aromatic N) is 3. The Morgan fingerprint density at radius 3 is 2.62 bits per heavy atom. The average molecular weight is 374 g/mol. The van der Waals surface area contributed by atoms with Crippen molar-refractivity contribution in [1.82, 2.24) is 20.4 Å². The normalized spacial score (nSPS) is 10.2. The third-order valence-electron chi connectivity index (χ3n) is 3.31. The second-order valence-corrected chi connectivity index (χ2v) is 5.37. The molecule has 132 valence electrons. The molecule has 0 aliphatic rings. The summed E-state index contributed by atoms with van der Waals surface area (Å²) in [6.07, 6.45) is 2.78. The van der Waals surface area contributed by atoms with Crippen LogP contribution in [0.4, 0.5) is 27.4 Å². The van der Waals surface area contributed by atoms with Crippen LogP contribution in [-0.4, -0.2) is 20.9 Å². The molecule has 2 heterocycles. The van der Waals surface area contributed by atoms with Crippen LogP contribution in [0.1, 0.15) is 10.4 Å². The molecule has 0 saturated heterocycles. The number of nitrogen functional groups attached to an aromatic ring is 1. The Balaban J connectivity index is 1.74. The van der Waals surface area contributed by atoms with Crippen molar-refractivity contribution in [1.29, 1.82) is 0 Å². The SMILES string of the molecule is Nc1c(NNC(=O)c2ccccc2F)ncnc1Nc1cccnc1Cl. The molecule has 5 N–H and O–H groups in total. The van der Waals surface area contributed by atoms with Gasteiger partial charge in [0.2, 0.25) is 0 Å². The van der Waals surface area contributed by atoms with E-state index in [9.17, 15) is 9.18 Å². The predicted molar refractivity (Wildman–Crippen MR) is 96.5 cm³/mol. The summed E-state index contributed by atoms with van der Waals surface area (Å²) in [4.78, 5) is 23.9. The molecule has 0 saturated carbocycles. The topological polar surface area (TPSA) is 118 Å². The zero-order valence-corrected chi connectivity index (χ0v) is 14.0. The Bertz CT molecular complexity index is 953. The third-order valence-corrected chi connectivity index (χ3v) is 3.61. The number of carbonyl (C=O) groups excluding carboxylic acids is 1. The van der Waals surface area contributed by atoms with Gasteiger partial charge in [-0.25, -0.2) is 19.3 Å². The molecule has 0 bridgehead atoms. The summed E-state index contributed by atoms with van der Waals surface area (Å²) in [5.41, 5.74) is 11.4. The summed E-state index contributed by atoms with van der Waals surface area (Å²) in [5, 5.41) is 3.17. The van der Waals surface area contributed by atoms with Gasteiger partial charge in [-0.15, -0.1) is 0 Å². The van der Waals surface area contributed by atoms with Gasteiger partial charge in [-0.05, 0) is 24.3 Å². The lowest BCUT2D eigenvalue weighted by Gasteiger charge is -2.13. The lowest BCUT2D eigenvalue weighted by Crippen LogP contribution is -2.31. The minimum absolute atomic E-state index is 0.117. The monoisotopic (exact) mass is 373 g/mol. The van der Waals surface area contributed by atoms with Crippen molar-refractivity contribution in [3.8, 4) is 0 Å². The van der Waals surface area contributed by atoms with E-state index in [1.807, 2.05) is 0 Å². The van der Waals surface area contributed by atoms with Crippen molar-refractivity contribution < 1.29 is 9.18 Å². The number of hydrogen-bond acceptors (Lipinski definition) is 7. The molecule has 0 atom stereocenters. The third kappa shape index (κ3) is 3.78. The first kappa shape index (κ1) is 17.4. The predicted octanol–water partition coefficient (Wildman–Crippen LogP) is 2.75. The van der Waals surface area contributed by atoms with Gasteiger partial charge >= 0.3 is 0 Å². The van der Waals surface area contributed by atoms with Crippen molar-refractivity contribution >= 4 is 40.5 Å². The summed E-state index contributed by atoms with van der Waals surface area (Å²) in [5.74, 6) is -0.924. The van der Waals surface area contributed by atoms with Crippen LogP contribution in [0.25, 0.3) is 0 Å². The van der Waals surface area contributed by atoms with Gasteiger partial charge in [0.15, 0.2) is 16.8 Å². The number of halogens is 2. The van der Waals surface area contributed by atoms with E-state index in [0.29, 0.717) is 5.69 Å². The van der Waals surface area contributed by atoms with Gasteiger partial charge in [0, 0.05) is 6.20 Å². The quantitative estimate of drug-likeness (QED) is 0.401. The van der Waals surface area contributed by atoms with Gasteiger partial charge in [0.1, 0.15) is 17.8 Å². The fourth-order valence-electron chi connectivity index (χ4n) is 2.03. The number of anilines is 4. The van der Waals surface area contributed by atoms with Crippen LogP contribution in [0.2, 0.25) is 5.15 Å². The highest BCUT2D eigenvalue weighted by Gasteiger charge is 2.13. The molecule has 0 unspecified atom stereocenters. The molecule has 0 radical (unpaired) electrons. The summed E-state index contributed by atoms with van der Waals surface area (Å²) < 4.78 is 13.6. The fraction of sp³-hybridized carbons (Fsp3) is 0. The van der Waals surface area contributed by atoms with E-state index in [2.05, 4.69) is 31.1 Å². The Hall–Kier alpha value is -3.46. The Morgan fingerprint density at radius 1 is 1.08 bits per heavy atom. The highest BCUT2D eigenvalue weighted by molar-refractivity contribution is 6.32. The second-order valence-electron chi connectivity index (χ2n) is 5.01. The molecule has 8 nitrogen and oxygen atoms in total. The van der Waals surface area contributed by atoms with Gasteiger partial charge in [0.25, 0.3) is 5.91 Å². The van der Waals surface area contributed by atoms with Crippen molar-refractivity contribution in [2.45, 2.75) is 0 Å². The number of nitrogens with one attached hydrogen (secondary N) is 3. The van der Waals surface area contributed by atoms with Crippen LogP contribution in [0.5, 0.6) is 0 Å². The smallest absolute Gasteiger partial charge is 0.272 e. The number of aromatic nitrogens is 3. The molecular formula is C16H13ClFN7O. The summed E-state index contributed by atoms with van der Waals surface area (Å²) >= 11 is 5.99. The van der Waals surface area contributed by atoms with Crippen molar-refractivity contribution in [3.63, 3.8) is 0 Å². The Labute approximate surface area is 152 Å². The maximum absolute atomic E-state index is 13.6. The molecule has 2 aromatic heterocycles. The molecular weight excluding hydrogens is 361 g/mol. The maximum Gasteiger partial charge on any atom is 0.272 e. The van der Waals surface area contributed by atoms with Crippen molar-refractivity contribution in [2.24, 2.45) is 0 Å². The molecule has 3 rings (SSSR count). The highest BCUT2D eigenvalue weighted by atomic mass is 35.5. The molecule has 0 aliphatic carbocycles. The van der Waals surface area contributed by atoms with E-state index < -0.39 is 11.7 Å². The minimum Gasteiger partial charge on any atom is -0.393 e. The molecule has 0 fully saturated rings. The van der Waals surface area contributed by atoms with Crippen LogP contribution in [-0.2, 0) is 0 Å². The van der Waals surface area contributed by atoms with Gasteiger partial charge < -0.3 is 11.1 Å². The molecule has 3 aromatic rings. The lowest BCUT2D eigenvalue weighted by atomic mass is 10.2.